The van der Waals surface area contributed by atoms with Crippen LogP contribution >= 0.6 is 11.3 Å². The van der Waals surface area contributed by atoms with Crippen molar-refractivity contribution in [2.24, 2.45) is 0 Å². The summed E-state index contributed by atoms with van der Waals surface area (Å²) >= 11 is 1.81. The summed E-state index contributed by atoms with van der Waals surface area (Å²) in [6, 6.07) is 56.3. The number of aromatic nitrogens is 3. The van der Waals surface area contributed by atoms with E-state index in [1.54, 1.807) is 0 Å². The molecule has 0 bridgehead atoms. The molecule has 53 heavy (non-hydrogen) atoms. The van der Waals surface area contributed by atoms with Crippen LogP contribution in [0.1, 0.15) is 17.9 Å². The smallest absolute Gasteiger partial charge is 0.164 e. The van der Waals surface area contributed by atoms with Crippen LogP contribution in [0, 0.1) is 0 Å². The molecule has 0 saturated carbocycles. The molecule has 0 amide bonds. The first kappa shape index (κ1) is 31.3. The van der Waals surface area contributed by atoms with E-state index in [-0.39, 0.29) is 0 Å². The van der Waals surface area contributed by atoms with Crippen LogP contribution in [0.3, 0.4) is 0 Å². The minimum atomic E-state index is 0.378. The van der Waals surface area contributed by atoms with Gasteiger partial charge >= 0.3 is 0 Å². The van der Waals surface area contributed by atoms with Gasteiger partial charge in [0.2, 0.25) is 0 Å². The molecular formula is C49H33N3S. The average molecular weight is 696 g/mol. The number of benzene rings is 7. The Morgan fingerprint density at radius 3 is 1.98 bits per heavy atom. The highest BCUT2D eigenvalue weighted by Gasteiger charge is 2.18. The topological polar surface area (TPSA) is 38.7 Å². The zero-order valence-electron chi connectivity index (χ0n) is 28.9. The van der Waals surface area contributed by atoms with Gasteiger partial charge in [-0.3, -0.25) is 0 Å². The minimum Gasteiger partial charge on any atom is -0.208 e. The minimum absolute atomic E-state index is 0.378. The maximum absolute atomic E-state index is 5.24. The van der Waals surface area contributed by atoms with Crippen molar-refractivity contribution in [1.29, 1.82) is 0 Å². The van der Waals surface area contributed by atoms with E-state index >= 15 is 0 Å². The third-order valence-corrected chi connectivity index (χ3v) is 11.4. The Hall–Kier alpha value is -6.49. The SMILES string of the molecule is C1=CCC(c2ccc(-c3nc(-c4cccc(-c5ccccc5)c4)nc(-c4cccc5sc6ccc(-c7ccc8ccccc8c7)cc6c45)n3)cc2)C=C1. The van der Waals surface area contributed by atoms with Gasteiger partial charge in [-0.05, 0) is 75.3 Å². The van der Waals surface area contributed by atoms with Crippen LogP contribution in [-0.2, 0) is 0 Å². The molecule has 0 saturated heterocycles. The van der Waals surface area contributed by atoms with E-state index in [9.17, 15) is 0 Å². The number of allylic oxidation sites excluding steroid dienone is 4. The summed E-state index contributed by atoms with van der Waals surface area (Å²) in [5, 5.41) is 4.86. The van der Waals surface area contributed by atoms with Crippen molar-refractivity contribution in [3.05, 3.63) is 188 Å². The van der Waals surface area contributed by atoms with Gasteiger partial charge in [-0.25, -0.2) is 15.0 Å². The van der Waals surface area contributed by atoms with Crippen LogP contribution in [0.15, 0.2) is 182 Å². The summed E-state index contributed by atoms with van der Waals surface area (Å²) in [4.78, 5) is 15.6. The third-order valence-electron chi connectivity index (χ3n) is 10.3. The van der Waals surface area contributed by atoms with Crippen molar-refractivity contribution in [1.82, 2.24) is 15.0 Å². The Bertz CT molecular complexity index is 2870. The molecule has 3 nitrogen and oxygen atoms in total. The number of fused-ring (bicyclic) bond motifs is 4. The molecule has 7 aromatic carbocycles. The van der Waals surface area contributed by atoms with Crippen LogP contribution in [0.25, 0.3) is 87.4 Å². The normalized spacial score (nSPS) is 14.0. The Morgan fingerprint density at radius 2 is 1.13 bits per heavy atom. The highest BCUT2D eigenvalue weighted by molar-refractivity contribution is 7.26. The number of hydrogen-bond donors (Lipinski definition) is 0. The van der Waals surface area contributed by atoms with Gasteiger partial charge in [-0.1, -0.05) is 152 Å². The van der Waals surface area contributed by atoms with Crippen LogP contribution in [0.4, 0.5) is 0 Å². The predicted octanol–water partition coefficient (Wildman–Crippen LogP) is 13.3. The van der Waals surface area contributed by atoms with Crippen molar-refractivity contribution >= 4 is 42.3 Å². The first-order valence-corrected chi connectivity index (χ1v) is 18.9. The van der Waals surface area contributed by atoms with E-state index in [4.69, 9.17) is 15.0 Å². The molecule has 1 aliphatic carbocycles. The molecular weight excluding hydrogens is 663 g/mol. The van der Waals surface area contributed by atoms with E-state index < -0.39 is 0 Å². The molecule has 0 aliphatic heterocycles. The van der Waals surface area contributed by atoms with Crippen molar-refractivity contribution in [2.75, 3.05) is 0 Å². The molecule has 2 heterocycles. The molecule has 4 heteroatoms. The van der Waals surface area contributed by atoms with Gasteiger partial charge in [0.1, 0.15) is 0 Å². The summed E-state index contributed by atoms with van der Waals surface area (Å²) in [6.45, 7) is 0. The fraction of sp³-hybridized carbons (Fsp3) is 0.0408. The van der Waals surface area contributed by atoms with E-state index in [0.717, 1.165) is 34.2 Å². The Balaban J connectivity index is 1.14. The molecule has 1 aliphatic rings. The largest absolute Gasteiger partial charge is 0.208 e. The molecule has 2 aromatic heterocycles. The number of rotatable bonds is 6. The average Bonchev–Trinajstić information content (AvgIpc) is 3.62. The molecule has 250 valence electrons. The second kappa shape index (κ2) is 13.2. The summed E-state index contributed by atoms with van der Waals surface area (Å²) < 4.78 is 2.45. The van der Waals surface area contributed by atoms with Gasteiger partial charge < -0.3 is 0 Å². The van der Waals surface area contributed by atoms with Crippen LogP contribution < -0.4 is 0 Å². The zero-order chi connectivity index (χ0) is 35.1. The predicted molar refractivity (Wildman–Crippen MR) is 223 cm³/mol. The molecule has 10 rings (SSSR count). The maximum atomic E-state index is 5.24. The van der Waals surface area contributed by atoms with Gasteiger partial charge in [0, 0.05) is 42.8 Å². The number of hydrogen-bond acceptors (Lipinski definition) is 4. The summed E-state index contributed by atoms with van der Waals surface area (Å²) in [5.74, 6) is 2.36. The fourth-order valence-electron chi connectivity index (χ4n) is 7.49. The van der Waals surface area contributed by atoms with Crippen molar-refractivity contribution in [3.8, 4) is 56.4 Å². The molecule has 0 N–H and O–H groups in total. The van der Waals surface area contributed by atoms with E-state index in [1.807, 2.05) is 17.4 Å². The summed E-state index contributed by atoms with van der Waals surface area (Å²) in [6.07, 6.45) is 9.76. The Labute approximate surface area is 312 Å². The van der Waals surface area contributed by atoms with Crippen molar-refractivity contribution < 1.29 is 0 Å². The van der Waals surface area contributed by atoms with Gasteiger partial charge in [0.05, 0.1) is 0 Å². The third kappa shape index (κ3) is 5.93. The second-order valence-electron chi connectivity index (χ2n) is 13.6. The first-order chi connectivity index (χ1) is 26.2. The Kier molecular flexibility index (Phi) is 7.81. The van der Waals surface area contributed by atoms with Gasteiger partial charge in [0.25, 0.3) is 0 Å². The van der Waals surface area contributed by atoms with Gasteiger partial charge in [0.15, 0.2) is 17.5 Å². The first-order valence-electron chi connectivity index (χ1n) is 18.0. The number of thiophene rings is 1. The quantitative estimate of drug-likeness (QED) is 0.174. The van der Waals surface area contributed by atoms with E-state index in [0.29, 0.717) is 23.4 Å². The summed E-state index contributed by atoms with van der Waals surface area (Å²) in [5.41, 5.74) is 8.88. The van der Waals surface area contributed by atoms with E-state index in [1.165, 1.54) is 47.6 Å². The highest BCUT2D eigenvalue weighted by atomic mass is 32.1. The van der Waals surface area contributed by atoms with Gasteiger partial charge in [-0.2, -0.15) is 0 Å². The molecule has 1 unspecified atom stereocenters. The van der Waals surface area contributed by atoms with Crippen molar-refractivity contribution in [3.63, 3.8) is 0 Å². The van der Waals surface area contributed by atoms with Crippen molar-refractivity contribution in [2.45, 2.75) is 12.3 Å². The monoisotopic (exact) mass is 695 g/mol. The molecule has 0 spiro atoms. The maximum Gasteiger partial charge on any atom is 0.164 e. The van der Waals surface area contributed by atoms with E-state index in [2.05, 4.69) is 176 Å². The van der Waals surface area contributed by atoms with Crippen LogP contribution in [-0.4, -0.2) is 15.0 Å². The lowest BCUT2D eigenvalue weighted by Gasteiger charge is -2.14. The molecule has 1 atom stereocenters. The van der Waals surface area contributed by atoms with Gasteiger partial charge in [-0.15, -0.1) is 11.3 Å². The molecule has 0 fully saturated rings. The second-order valence-corrected chi connectivity index (χ2v) is 14.7. The zero-order valence-corrected chi connectivity index (χ0v) is 29.7. The van der Waals surface area contributed by atoms with Crippen LogP contribution in [0.5, 0.6) is 0 Å². The molecule has 9 aromatic rings. The lowest BCUT2D eigenvalue weighted by Crippen LogP contribution is -2.01. The van der Waals surface area contributed by atoms with Crippen LogP contribution in [0.2, 0.25) is 0 Å². The number of nitrogens with zero attached hydrogens (tertiary/aromatic N) is 3. The lowest BCUT2D eigenvalue weighted by atomic mass is 9.92. The lowest BCUT2D eigenvalue weighted by molar-refractivity contribution is 0.854. The standard InChI is InChI=1S/C49H33N3S/c1-3-11-32(12-4-1)35-21-24-36(25-22-35)47-50-48(41-18-9-17-38(30-41)33-13-5-2-6-14-33)52-49(51-47)42-19-10-20-45-46(42)43-31-40(27-28-44(43)53-45)39-26-23-34-15-7-8-16-37(34)29-39/h1-11,13-32H,12H2. The fourth-order valence-corrected chi connectivity index (χ4v) is 8.60. The highest BCUT2D eigenvalue weighted by Crippen LogP contribution is 2.42. The molecule has 0 radical (unpaired) electrons. The summed E-state index contributed by atoms with van der Waals surface area (Å²) in [7, 11) is 0. The Morgan fingerprint density at radius 1 is 0.453 bits per heavy atom.